The normalized spacial score (nSPS) is 10.6. The lowest BCUT2D eigenvalue weighted by molar-refractivity contribution is 0.220. The van der Waals surface area contributed by atoms with Crippen molar-refractivity contribution in [2.45, 2.75) is 13.5 Å². The van der Waals surface area contributed by atoms with Gasteiger partial charge >= 0.3 is 6.03 Å². The first kappa shape index (κ1) is 16.3. The Balaban J connectivity index is 1.71. The van der Waals surface area contributed by atoms with Crippen molar-refractivity contribution in [3.63, 3.8) is 0 Å². The number of amides is 2. The second-order valence-corrected chi connectivity index (χ2v) is 6.62. The van der Waals surface area contributed by atoms with E-state index in [0.29, 0.717) is 11.7 Å². The Morgan fingerprint density at radius 3 is 2.83 bits per heavy atom. The van der Waals surface area contributed by atoms with Gasteiger partial charge in [0.15, 0.2) is 5.13 Å². The minimum Gasteiger partial charge on any atom is -0.496 e. The first-order chi connectivity index (χ1) is 11.6. The highest BCUT2D eigenvalue weighted by Crippen LogP contribution is 2.26. The highest BCUT2D eigenvalue weighted by atomic mass is 32.1. The lowest BCUT2D eigenvalue weighted by Crippen LogP contribution is -2.30. The van der Waals surface area contributed by atoms with Crippen LogP contribution >= 0.6 is 11.3 Å². The molecule has 1 heterocycles. The van der Waals surface area contributed by atoms with Gasteiger partial charge in [-0.05, 0) is 25.1 Å². The summed E-state index contributed by atoms with van der Waals surface area (Å²) in [5.41, 5.74) is 2.99. The maximum absolute atomic E-state index is 12.4. The van der Waals surface area contributed by atoms with Gasteiger partial charge in [0.05, 0.1) is 23.9 Å². The van der Waals surface area contributed by atoms with Crippen molar-refractivity contribution in [3.8, 4) is 5.75 Å². The SMILES string of the molecule is COc1ccc(C)cc1CN(C)C(=O)Nc1nc2ccccc2s1. The van der Waals surface area contributed by atoms with Crippen LogP contribution in [0.3, 0.4) is 0 Å². The molecule has 0 aliphatic heterocycles. The van der Waals surface area contributed by atoms with Crippen LogP contribution in [0.4, 0.5) is 9.93 Å². The Labute approximate surface area is 144 Å². The van der Waals surface area contributed by atoms with Crippen LogP contribution in [0.5, 0.6) is 5.75 Å². The molecule has 5 nitrogen and oxygen atoms in total. The Kier molecular flexibility index (Phi) is 4.66. The predicted octanol–water partition coefficient (Wildman–Crippen LogP) is 4.28. The third-order valence-corrected chi connectivity index (χ3v) is 4.65. The van der Waals surface area contributed by atoms with Crippen LogP contribution in [0.1, 0.15) is 11.1 Å². The molecule has 1 N–H and O–H groups in total. The van der Waals surface area contributed by atoms with Gasteiger partial charge in [0.1, 0.15) is 5.75 Å². The van der Waals surface area contributed by atoms with Crippen LogP contribution in [0, 0.1) is 6.92 Å². The van der Waals surface area contributed by atoms with Gasteiger partial charge < -0.3 is 9.64 Å². The number of thiazole rings is 1. The number of carbonyl (C=O) groups excluding carboxylic acids is 1. The highest BCUT2D eigenvalue weighted by Gasteiger charge is 2.14. The second kappa shape index (κ2) is 6.88. The third-order valence-electron chi connectivity index (χ3n) is 3.70. The zero-order valence-electron chi connectivity index (χ0n) is 13.9. The fraction of sp³-hybridized carbons (Fsp3) is 0.222. The number of methoxy groups -OCH3 is 1. The van der Waals surface area contributed by atoms with Crippen molar-refractivity contribution in [2.75, 3.05) is 19.5 Å². The monoisotopic (exact) mass is 341 g/mol. The quantitative estimate of drug-likeness (QED) is 0.771. The maximum Gasteiger partial charge on any atom is 0.323 e. The van der Waals surface area contributed by atoms with Crippen LogP contribution in [0.25, 0.3) is 10.2 Å². The van der Waals surface area contributed by atoms with Crippen molar-refractivity contribution in [1.29, 1.82) is 0 Å². The van der Waals surface area contributed by atoms with Gasteiger partial charge in [-0.3, -0.25) is 5.32 Å². The average Bonchev–Trinajstić information content (AvgIpc) is 2.97. The number of benzene rings is 2. The molecule has 0 bridgehead atoms. The molecule has 3 aromatic rings. The van der Waals surface area contributed by atoms with E-state index in [1.807, 2.05) is 49.4 Å². The van der Waals surface area contributed by atoms with Crippen LogP contribution < -0.4 is 10.1 Å². The molecule has 0 atom stereocenters. The summed E-state index contributed by atoms with van der Waals surface area (Å²) >= 11 is 1.47. The summed E-state index contributed by atoms with van der Waals surface area (Å²) in [6.45, 7) is 2.48. The summed E-state index contributed by atoms with van der Waals surface area (Å²) in [7, 11) is 3.39. The maximum atomic E-state index is 12.4. The zero-order valence-corrected chi connectivity index (χ0v) is 14.7. The molecule has 0 saturated carbocycles. The van der Waals surface area contributed by atoms with Crippen molar-refractivity contribution in [1.82, 2.24) is 9.88 Å². The van der Waals surface area contributed by atoms with Gasteiger partial charge in [-0.1, -0.05) is 41.2 Å². The van der Waals surface area contributed by atoms with E-state index in [9.17, 15) is 4.79 Å². The van der Waals surface area contributed by atoms with E-state index in [2.05, 4.69) is 10.3 Å². The van der Waals surface area contributed by atoms with Crippen molar-refractivity contribution >= 4 is 32.7 Å². The molecule has 2 aromatic carbocycles. The number of urea groups is 1. The van der Waals surface area contributed by atoms with Crippen LogP contribution in [-0.2, 0) is 6.54 Å². The van der Waals surface area contributed by atoms with Gasteiger partial charge in [0, 0.05) is 12.6 Å². The lowest BCUT2D eigenvalue weighted by Gasteiger charge is -2.19. The molecule has 2 amide bonds. The van der Waals surface area contributed by atoms with Gasteiger partial charge in [-0.2, -0.15) is 0 Å². The minimum absolute atomic E-state index is 0.197. The summed E-state index contributed by atoms with van der Waals surface area (Å²) in [5, 5.41) is 3.46. The topological polar surface area (TPSA) is 54.5 Å². The molecule has 0 aliphatic carbocycles. The smallest absolute Gasteiger partial charge is 0.323 e. The first-order valence-corrected chi connectivity index (χ1v) is 8.39. The van der Waals surface area contributed by atoms with Gasteiger partial charge in [-0.25, -0.2) is 9.78 Å². The fourth-order valence-corrected chi connectivity index (χ4v) is 3.33. The van der Waals surface area contributed by atoms with E-state index in [-0.39, 0.29) is 6.03 Å². The first-order valence-electron chi connectivity index (χ1n) is 7.58. The Hall–Kier alpha value is -2.60. The molecule has 1 aromatic heterocycles. The molecular formula is C18H19N3O2S. The number of carbonyl (C=O) groups is 1. The van der Waals surface area contributed by atoms with E-state index < -0.39 is 0 Å². The number of aryl methyl sites for hydroxylation is 1. The number of hydrogen-bond donors (Lipinski definition) is 1. The number of ether oxygens (including phenoxy) is 1. The zero-order chi connectivity index (χ0) is 17.1. The van der Waals surface area contributed by atoms with Crippen LogP contribution in [0.15, 0.2) is 42.5 Å². The van der Waals surface area contributed by atoms with Crippen molar-refractivity contribution in [2.24, 2.45) is 0 Å². The van der Waals surface area contributed by atoms with E-state index in [0.717, 1.165) is 27.1 Å². The summed E-state index contributed by atoms with van der Waals surface area (Å²) in [6.07, 6.45) is 0. The third kappa shape index (κ3) is 3.49. The van der Waals surface area contributed by atoms with E-state index >= 15 is 0 Å². The number of hydrogen-bond acceptors (Lipinski definition) is 4. The molecular weight excluding hydrogens is 322 g/mol. The summed E-state index contributed by atoms with van der Waals surface area (Å²) in [6, 6.07) is 13.6. The van der Waals surface area contributed by atoms with Gasteiger partial charge in [0.25, 0.3) is 0 Å². The predicted molar refractivity (Wildman–Crippen MR) is 97.8 cm³/mol. The molecule has 0 unspecified atom stereocenters. The van der Waals surface area contributed by atoms with E-state index in [1.54, 1.807) is 19.1 Å². The molecule has 0 fully saturated rings. The largest absolute Gasteiger partial charge is 0.496 e. The number of para-hydroxylation sites is 1. The van der Waals surface area contributed by atoms with E-state index in [1.165, 1.54) is 11.3 Å². The Bertz CT molecular complexity index is 843. The molecule has 0 radical (unpaired) electrons. The average molecular weight is 341 g/mol. The molecule has 0 aliphatic rings. The summed E-state index contributed by atoms with van der Waals surface area (Å²) in [5.74, 6) is 0.778. The molecule has 0 saturated heterocycles. The number of fused-ring (bicyclic) bond motifs is 1. The number of nitrogens with one attached hydrogen (secondary N) is 1. The Morgan fingerprint density at radius 2 is 2.08 bits per heavy atom. The minimum atomic E-state index is -0.197. The van der Waals surface area contributed by atoms with Crippen LogP contribution in [-0.4, -0.2) is 30.1 Å². The second-order valence-electron chi connectivity index (χ2n) is 5.59. The highest BCUT2D eigenvalue weighted by molar-refractivity contribution is 7.22. The fourth-order valence-electron chi connectivity index (χ4n) is 2.47. The van der Waals surface area contributed by atoms with Crippen molar-refractivity contribution < 1.29 is 9.53 Å². The molecule has 0 spiro atoms. The summed E-state index contributed by atoms with van der Waals surface area (Å²) in [4.78, 5) is 18.5. The standard InChI is InChI=1S/C18H19N3O2S/c1-12-8-9-15(23-3)13(10-12)11-21(2)18(22)20-17-19-14-6-4-5-7-16(14)24-17/h4-10H,11H2,1-3H3,(H,19,20,22). The number of anilines is 1. The number of rotatable bonds is 4. The van der Waals surface area contributed by atoms with Crippen molar-refractivity contribution in [3.05, 3.63) is 53.6 Å². The number of aromatic nitrogens is 1. The van der Waals surface area contributed by atoms with Gasteiger partial charge in [-0.15, -0.1) is 0 Å². The molecule has 3 rings (SSSR count). The lowest BCUT2D eigenvalue weighted by atomic mass is 10.1. The van der Waals surface area contributed by atoms with Gasteiger partial charge in [0.2, 0.25) is 0 Å². The summed E-state index contributed by atoms with van der Waals surface area (Å²) < 4.78 is 6.42. The molecule has 124 valence electrons. The number of nitrogens with zero attached hydrogens (tertiary/aromatic N) is 2. The molecule has 6 heteroatoms. The Morgan fingerprint density at radius 1 is 1.29 bits per heavy atom. The molecule has 24 heavy (non-hydrogen) atoms. The van der Waals surface area contributed by atoms with E-state index in [4.69, 9.17) is 4.74 Å². The van der Waals surface area contributed by atoms with Crippen LogP contribution in [0.2, 0.25) is 0 Å².